The Kier molecular flexibility index (Phi) is 4.71. The molecule has 1 unspecified atom stereocenters. The quantitative estimate of drug-likeness (QED) is 0.634. The monoisotopic (exact) mass is 339 g/mol. The maximum absolute atomic E-state index is 10.9. The second-order valence-corrected chi connectivity index (χ2v) is 6.08. The second-order valence-electron chi connectivity index (χ2n) is 4.22. The summed E-state index contributed by atoms with van der Waals surface area (Å²) in [6.45, 7) is 2.52. The van der Waals surface area contributed by atoms with Crippen LogP contribution in [-0.2, 0) is 9.53 Å². The molecule has 5 nitrogen and oxygen atoms in total. The van der Waals surface area contributed by atoms with Gasteiger partial charge in [-0.1, -0.05) is 0 Å². The van der Waals surface area contributed by atoms with Crippen LogP contribution >= 0.6 is 0 Å². The zero-order chi connectivity index (χ0) is 14.5. The molecule has 1 aromatic heterocycles. The van der Waals surface area contributed by atoms with Crippen LogP contribution in [0.2, 0.25) is 0 Å². The van der Waals surface area contributed by atoms with E-state index in [2.05, 4.69) is 4.98 Å². The van der Waals surface area contributed by atoms with Crippen molar-refractivity contribution in [1.82, 2.24) is 4.98 Å². The summed E-state index contributed by atoms with van der Waals surface area (Å²) < 4.78 is 6.02. The first-order valence-corrected chi connectivity index (χ1v) is 7.75. The number of carbonyl (C=O) groups excluding carboxylic acids is 2. The fourth-order valence-electron chi connectivity index (χ4n) is 1.99. The molecular formula is C14H13NO4Se. The predicted molar refractivity (Wildman–Crippen MR) is 73.3 cm³/mol. The standard InChI is InChI=1S/C14H13NO4Se/c1-9-14(20-7-15-9)12(6-19-8-17)10-2-3-13(18)11(4-10)5-16/h2-5,7-8,12,18H,6H2,1H3. The van der Waals surface area contributed by atoms with E-state index in [0.29, 0.717) is 12.8 Å². The van der Waals surface area contributed by atoms with Crippen LogP contribution in [0.15, 0.2) is 23.3 Å². The van der Waals surface area contributed by atoms with E-state index < -0.39 is 0 Å². The zero-order valence-electron chi connectivity index (χ0n) is 10.8. The van der Waals surface area contributed by atoms with E-state index in [9.17, 15) is 14.7 Å². The number of benzene rings is 1. The number of aromatic nitrogens is 1. The van der Waals surface area contributed by atoms with Crippen LogP contribution in [0.25, 0.3) is 0 Å². The van der Waals surface area contributed by atoms with Gasteiger partial charge in [0.2, 0.25) is 0 Å². The summed E-state index contributed by atoms with van der Waals surface area (Å²) >= 11 is 0.111. The molecule has 0 saturated carbocycles. The minimum absolute atomic E-state index is 0.0577. The molecule has 20 heavy (non-hydrogen) atoms. The third-order valence-corrected chi connectivity index (χ3v) is 5.20. The summed E-state index contributed by atoms with van der Waals surface area (Å²) in [6, 6.07) is 4.83. The number of phenols is 1. The fourth-order valence-corrected chi connectivity index (χ4v) is 3.91. The Morgan fingerprint density at radius 1 is 1.45 bits per heavy atom. The second kappa shape index (κ2) is 6.50. The van der Waals surface area contributed by atoms with Crippen LogP contribution in [0.4, 0.5) is 0 Å². The summed E-state index contributed by atoms with van der Waals surface area (Å²) in [5.41, 5.74) is 1.97. The van der Waals surface area contributed by atoms with Crippen molar-refractivity contribution in [1.29, 1.82) is 0 Å². The van der Waals surface area contributed by atoms with Gasteiger partial charge in [0.05, 0.1) is 0 Å². The molecule has 0 fully saturated rings. The molecule has 104 valence electrons. The molecule has 0 aliphatic carbocycles. The van der Waals surface area contributed by atoms with E-state index in [0.717, 1.165) is 15.7 Å². The number of aryl methyl sites for hydroxylation is 1. The average molecular weight is 338 g/mol. The summed E-state index contributed by atoms with van der Waals surface area (Å²) in [5, 5.41) is 11.4. The number of phenolic OH excluding ortho intramolecular Hbond substituents is 1. The van der Waals surface area contributed by atoms with Gasteiger partial charge in [0.25, 0.3) is 0 Å². The molecule has 1 N–H and O–H groups in total. The van der Waals surface area contributed by atoms with Crippen LogP contribution in [0, 0.1) is 6.92 Å². The Bertz CT molecular complexity index is 623. The Morgan fingerprint density at radius 3 is 2.85 bits per heavy atom. The van der Waals surface area contributed by atoms with Crippen molar-refractivity contribution in [3.05, 3.63) is 44.5 Å². The van der Waals surface area contributed by atoms with Gasteiger partial charge in [-0.25, -0.2) is 0 Å². The van der Waals surface area contributed by atoms with Crippen LogP contribution < -0.4 is 0 Å². The van der Waals surface area contributed by atoms with Crippen molar-refractivity contribution in [3.63, 3.8) is 0 Å². The zero-order valence-corrected chi connectivity index (χ0v) is 12.5. The van der Waals surface area contributed by atoms with Gasteiger partial charge in [-0.05, 0) is 0 Å². The van der Waals surface area contributed by atoms with E-state index in [1.165, 1.54) is 6.07 Å². The van der Waals surface area contributed by atoms with Crippen molar-refractivity contribution in [2.24, 2.45) is 0 Å². The van der Waals surface area contributed by atoms with Crippen LogP contribution in [0.1, 0.15) is 32.0 Å². The molecule has 0 bridgehead atoms. The Morgan fingerprint density at radius 2 is 2.25 bits per heavy atom. The number of hydrogen-bond donors (Lipinski definition) is 1. The van der Waals surface area contributed by atoms with E-state index in [-0.39, 0.29) is 38.3 Å². The van der Waals surface area contributed by atoms with Crippen molar-refractivity contribution >= 4 is 27.3 Å². The SMILES string of the molecule is Cc1nc[se]c1C(COC=O)c1ccc(O)c(C=O)c1. The molecular weight excluding hydrogens is 325 g/mol. The van der Waals surface area contributed by atoms with Gasteiger partial charge in [-0.3, -0.25) is 0 Å². The Balaban J connectivity index is 2.43. The number of ether oxygens (including phenoxy) is 1. The first-order chi connectivity index (χ1) is 9.67. The molecule has 1 atom stereocenters. The maximum atomic E-state index is 10.9. The molecule has 0 aliphatic heterocycles. The van der Waals surface area contributed by atoms with Gasteiger partial charge in [0.1, 0.15) is 0 Å². The molecule has 6 heteroatoms. The van der Waals surface area contributed by atoms with E-state index >= 15 is 0 Å². The number of aldehydes is 1. The molecule has 0 saturated heterocycles. The minimum atomic E-state index is -0.137. The molecule has 0 radical (unpaired) electrons. The predicted octanol–water partition coefficient (Wildman–Crippen LogP) is 1.27. The molecule has 1 aromatic carbocycles. The Hall–Kier alpha value is -1.91. The van der Waals surface area contributed by atoms with Crippen LogP contribution in [0.5, 0.6) is 5.75 Å². The van der Waals surface area contributed by atoms with E-state index in [1.807, 2.05) is 12.0 Å². The summed E-state index contributed by atoms with van der Waals surface area (Å²) in [6.07, 6.45) is 0.605. The molecule has 0 spiro atoms. The van der Waals surface area contributed by atoms with Gasteiger partial charge >= 0.3 is 121 Å². The summed E-state index contributed by atoms with van der Waals surface area (Å²) in [7, 11) is 0. The van der Waals surface area contributed by atoms with E-state index in [1.54, 1.807) is 12.1 Å². The van der Waals surface area contributed by atoms with Crippen LogP contribution in [0.3, 0.4) is 0 Å². The first-order valence-electron chi connectivity index (χ1n) is 5.90. The number of aromatic hydroxyl groups is 1. The van der Waals surface area contributed by atoms with Crippen LogP contribution in [-0.4, -0.2) is 44.0 Å². The number of nitrogens with zero attached hydrogens (tertiary/aromatic N) is 1. The van der Waals surface area contributed by atoms with Gasteiger partial charge in [0, 0.05) is 0 Å². The van der Waals surface area contributed by atoms with Crippen molar-refractivity contribution in [3.8, 4) is 5.75 Å². The van der Waals surface area contributed by atoms with Gasteiger partial charge in [-0.15, -0.1) is 0 Å². The molecule has 2 rings (SSSR count). The first kappa shape index (κ1) is 14.5. The molecule has 0 aliphatic rings. The van der Waals surface area contributed by atoms with Crippen molar-refractivity contribution in [2.45, 2.75) is 12.8 Å². The number of rotatable bonds is 6. The normalized spacial score (nSPS) is 11.8. The summed E-state index contributed by atoms with van der Waals surface area (Å²) in [5.74, 6) is -0.195. The van der Waals surface area contributed by atoms with Gasteiger partial charge in [-0.2, -0.15) is 0 Å². The van der Waals surface area contributed by atoms with Gasteiger partial charge in [0.15, 0.2) is 0 Å². The number of hydrogen-bond acceptors (Lipinski definition) is 5. The fraction of sp³-hybridized carbons (Fsp3) is 0.214. The van der Waals surface area contributed by atoms with Crippen molar-refractivity contribution in [2.75, 3.05) is 6.61 Å². The third kappa shape index (κ3) is 2.98. The third-order valence-electron chi connectivity index (χ3n) is 3.01. The Labute approximate surface area is 122 Å². The average Bonchev–Trinajstić information content (AvgIpc) is 2.87. The molecule has 0 amide bonds. The summed E-state index contributed by atoms with van der Waals surface area (Å²) in [4.78, 5) is 25.6. The van der Waals surface area contributed by atoms with E-state index in [4.69, 9.17) is 4.74 Å². The topological polar surface area (TPSA) is 76.5 Å². The molecule has 2 aromatic rings. The van der Waals surface area contributed by atoms with Gasteiger partial charge < -0.3 is 0 Å². The van der Waals surface area contributed by atoms with Crippen molar-refractivity contribution < 1.29 is 19.4 Å². The number of carbonyl (C=O) groups is 2. The molecule has 1 heterocycles.